The lowest BCUT2D eigenvalue weighted by Gasteiger charge is -2.17. The highest BCUT2D eigenvalue weighted by molar-refractivity contribution is 9.10. The minimum absolute atomic E-state index is 0.0571. The maximum Gasteiger partial charge on any atom is 0.137 e. The van der Waals surface area contributed by atoms with E-state index in [1.165, 1.54) is 0 Å². The number of nitrogens with one attached hydrogen (secondary N) is 1. The average Bonchev–Trinajstić information content (AvgIpc) is 2.27. The number of thioether (sulfide) groups is 1. The molecule has 0 aliphatic carbocycles. The summed E-state index contributed by atoms with van der Waals surface area (Å²) in [5.74, 6) is 6.01. The zero-order chi connectivity index (χ0) is 13.6. The first-order chi connectivity index (χ1) is 8.43. The molecule has 1 heterocycles. The fourth-order valence-corrected chi connectivity index (χ4v) is 2.12. The van der Waals surface area contributed by atoms with Gasteiger partial charge in [0.15, 0.2) is 0 Å². The van der Waals surface area contributed by atoms with Crippen molar-refractivity contribution in [1.82, 2.24) is 9.97 Å². The van der Waals surface area contributed by atoms with E-state index in [0.717, 1.165) is 34.3 Å². The number of hydrogen-bond donors (Lipinski definition) is 1. The lowest BCUT2D eigenvalue weighted by molar-refractivity contribution is 0.544. The van der Waals surface area contributed by atoms with Gasteiger partial charge in [0.05, 0.1) is 5.75 Å². The SMILES string of the molecule is C#CCSCCNc1cc(Br)nc(C(C)(C)C)n1. The number of hydrogen-bond acceptors (Lipinski definition) is 4. The highest BCUT2D eigenvalue weighted by Crippen LogP contribution is 2.22. The molecule has 0 bridgehead atoms. The van der Waals surface area contributed by atoms with Crippen LogP contribution in [0, 0.1) is 12.3 Å². The van der Waals surface area contributed by atoms with Gasteiger partial charge in [-0.15, -0.1) is 18.2 Å². The lowest BCUT2D eigenvalue weighted by atomic mass is 9.96. The molecule has 98 valence electrons. The van der Waals surface area contributed by atoms with Crippen LogP contribution in [0.25, 0.3) is 0 Å². The van der Waals surface area contributed by atoms with E-state index in [9.17, 15) is 0 Å². The molecule has 0 unspecified atom stereocenters. The Kier molecular flexibility index (Phi) is 5.97. The fraction of sp³-hybridized carbons (Fsp3) is 0.538. The molecule has 3 nitrogen and oxygen atoms in total. The molecule has 0 saturated carbocycles. The second kappa shape index (κ2) is 7.01. The topological polar surface area (TPSA) is 37.8 Å². The smallest absolute Gasteiger partial charge is 0.137 e. The molecule has 0 saturated heterocycles. The zero-order valence-corrected chi connectivity index (χ0v) is 13.4. The number of aromatic nitrogens is 2. The molecule has 0 fully saturated rings. The fourth-order valence-electron chi connectivity index (χ4n) is 1.23. The van der Waals surface area contributed by atoms with Crippen LogP contribution in [0.1, 0.15) is 26.6 Å². The van der Waals surface area contributed by atoms with Crippen molar-refractivity contribution in [3.05, 3.63) is 16.5 Å². The summed E-state index contributed by atoms with van der Waals surface area (Å²) in [6.45, 7) is 7.14. The van der Waals surface area contributed by atoms with Crippen molar-refractivity contribution in [2.24, 2.45) is 0 Å². The van der Waals surface area contributed by atoms with E-state index in [2.05, 4.69) is 57.9 Å². The van der Waals surface area contributed by atoms with Gasteiger partial charge in [0.1, 0.15) is 16.2 Å². The minimum Gasteiger partial charge on any atom is -0.369 e. The predicted octanol–water partition coefficient (Wildman–Crippen LogP) is 3.31. The van der Waals surface area contributed by atoms with E-state index >= 15 is 0 Å². The van der Waals surface area contributed by atoms with Crippen LogP contribution in [0.4, 0.5) is 5.82 Å². The third kappa shape index (κ3) is 5.28. The first-order valence-corrected chi connectivity index (χ1v) is 7.68. The van der Waals surface area contributed by atoms with Gasteiger partial charge < -0.3 is 5.32 Å². The standard InChI is InChI=1S/C13H18BrN3S/c1-5-7-18-8-6-15-11-9-10(14)16-12(17-11)13(2,3)4/h1,9H,6-8H2,2-4H3,(H,15,16,17). The molecule has 0 radical (unpaired) electrons. The Bertz CT molecular complexity index is 435. The summed E-state index contributed by atoms with van der Waals surface area (Å²) in [4.78, 5) is 8.92. The van der Waals surface area contributed by atoms with Crippen LogP contribution >= 0.6 is 27.7 Å². The summed E-state index contributed by atoms with van der Waals surface area (Å²) in [6.07, 6.45) is 5.19. The van der Waals surface area contributed by atoms with Gasteiger partial charge in [0.2, 0.25) is 0 Å². The lowest BCUT2D eigenvalue weighted by Crippen LogP contribution is -2.18. The van der Waals surface area contributed by atoms with E-state index in [1.807, 2.05) is 6.07 Å². The molecule has 1 N–H and O–H groups in total. The van der Waals surface area contributed by atoms with E-state index in [1.54, 1.807) is 11.8 Å². The molecule has 5 heteroatoms. The number of rotatable bonds is 5. The second-order valence-corrected chi connectivity index (χ2v) is 6.75. The summed E-state index contributed by atoms with van der Waals surface area (Å²) in [6, 6.07) is 1.89. The molecule has 1 aromatic heterocycles. The van der Waals surface area contributed by atoms with Crippen LogP contribution in [-0.2, 0) is 5.41 Å². The molecule has 1 rings (SSSR count). The van der Waals surface area contributed by atoms with Crippen molar-refractivity contribution in [3.63, 3.8) is 0 Å². The molecule has 0 aliphatic rings. The zero-order valence-electron chi connectivity index (χ0n) is 11.0. The van der Waals surface area contributed by atoms with Crippen LogP contribution in [0.5, 0.6) is 0 Å². The van der Waals surface area contributed by atoms with Crippen LogP contribution in [0.15, 0.2) is 10.7 Å². The van der Waals surface area contributed by atoms with Crippen LogP contribution in [0.2, 0.25) is 0 Å². The van der Waals surface area contributed by atoms with Crippen molar-refractivity contribution in [2.45, 2.75) is 26.2 Å². The first-order valence-electron chi connectivity index (χ1n) is 5.73. The third-order valence-electron chi connectivity index (χ3n) is 2.10. The maximum atomic E-state index is 5.19. The monoisotopic (exact) mass is 327 g/mol. The van der Waals surface area contributed by atoms with Gasteiger partial charge in [-0.3, -0.25) is 0 Å². The molecule has 0 aromatic carbocycles. The van der Waals surface area contributed by atoms with Gasteiger partial charge in [-0.2, -0.15) is 0 Å². The number of anilines is 1. The Hall–Kier alpha value is -0.730. The molecule has 0 aliphatic heterocycles. The Morgan fingerprint density at radius 3 is 2.78 bits per heavy atom. The molecule has 1 aromatic rings. The first kappa shape index (κ1) is 15.3. The van der Waals surface area contributed by atoms with Crippen molar-refractivity contribution >= 4 is 33.5 Å². The van der Waals surface area contributed by atoms with Crippen LogP contribution in [0.3, 0.4) is 0 Å². The maximum absolute atomic E-state index is 5.19. The molecule has 0 amide bonds. The largest absolute Gasteiger partial charge is 0.369 e. The Balaban J connectivity index is 2.61. The van der Waals surface area contributed by atoms with Crippen LogP contribution in [-0.4, -0.2) is 28.0 Å². The normalized spacial score (nSPS) is 11.1. The van der Waals surface area contributed by atoms with E-state index in [-0.39, 0.29) is 5.41 Å². The summed E-state index contributed by atoms with van der Waals surface area (Å²) in [7, 11) is 0. The number of nitrogens with zero attached hydrogens (tertiary/aromatic N) is 2. The van der Waals surface area contributed by atoms with Crippen molar-refractivity contribution in [2.75, 3.05) is 23.4 Å². The molecule has 18 heavy (non-hydrogen) atoms. The van der Waals surface area contributed by atoms with Gasteiger partial charge in [-0.25, -0.2) is 9.97 Å². The van der Waals surface area contributed by atoms with Crippen molar-refractivity contribution in [3.8, 4) is 12.3 Å². The van der Waals surface area contributed by atoms with Gasteiger partial charge in [0.25, 0.3) is 0 Å². The summed E-state index contributed by atoms with van der Waals surface area (Å²) in [5, 5.41) is 3.29. The van der Waals surface area contributed by atoms with Gasteiger partial charge >= 0.3 is 0 Å². The molecular formula is C13H18BrN3S. The molecule has 0 atom stereocenters. The van der Waals surface area contributed by atoms with Gasteiger partial charge in [-0.1, -0.05) is 26.7 Å². The highest BCUT2D eigenvalue weighted by atomic mass is 79.9. The third-order valence-corrected chi connectivity index (χ3v) is 3.37. The van der Waals surface area contributed by atoms with Gasteiger partial charge in [0, 0.05) is 23.8 Å². The second-order valence-electron chi connectivity index (χ2n) is 4.83. The van der Waals surface area contributed by atoms with Gasteiger partial charge in [-0.05, 0) is 15.9 Å². The molecule has 0 spiro atoms. The van der Waals surface area contributed by atoms with E-state index in [0.29, 0.717) is 0 Å². The Morgan fingerprint density at radius 2 is 2.17 bits per heavy atom. The summed E-state index contributed by atoms with van der Waals surface area (Å²) in [5.41, 5.74) is -0.0571. The Labute approximate surface area is 122 Å². The summed E-state index contributed by atoms with van der Waals surface area (Å²) < 4.78 is 0.807. The predicted molar refractivity (Wildman–Crippen MR) is 83.1 cm³/mol. The number of terminal acetylenes is 1. The Morgan fingerprint density at radius 1 is 1.44 bits per heavy atom. The average molecular weight is 328 g/mol. The quantitative estimate of drug-likeness (QED) is 0.511. The summed E-state index contributed by atoms with van der Waals surface area (Å²) >= 11 is 5.15. The van der Waals surface area contributed by atoms with E-state index in [4.69, 9.17) is 6.42 Å². The molecular weight excluding hydrogens is 310 g/mol. The minimum atomic E-state index is -0.0571. The number of halogens is 1. The van der Waals surface area contributed by atoms with E-state index < -0.39 is 0 Å². The van der Waals surface area contributed by atoms with Crippen molar-refractivity contribution in [1.29, 1.82) is 0 Å². The highest BCUT2D eigenvalue weighted by Gasteiger charge is 2.18. The van der Waals surface area contributed by atoms with Crippen molar-refractivity contribution < 1.29 is 0 Å². The van der Waals surface area contributed by atoms with Crippen LogP contribution < -0.4 is 5.32 Å².